The molecule has 6 heteroatoms. The van der Waals surface area contributed by atoms with Crippen LogP contribution in [0.25, 0.3) is 0 Å². The zero-order valence-electron chi connectivity index (χ0n) is 17.1. The van der Waals surface area contributed by atoms with Crippen LogP contribution in [0, 0.1) is 6.92 Å². The third-order valence-electron chi connectivity index (χ3n) is 5.41. The average Bonchev–Trinajstić information content (AvgIpc) is 3.17. The first-order valence-electron chi connectivity index (χ1n) is 10.0. The van der Waals surface area contributed by atoms with Crippen molar-refractivity contribution in [2.24, 2.45) is 0 Å². The summed E-state index contributed by atoms with van der Waals surface area (Å²) in [6, 6.07) is 19.8. The van der Waals surface area contributed by atoms with Gasteiger partial charge in [-0.05, 0) is 73.4 Å². The first kappa shape index (κ1) is 20.2. The molecule has 4 rings (SSSR count). The van der Waals surface area contributed by atoms with Crippen LogP contribution >= 0.6 is 0 Å². The highest BCUT2D eigenvalue weighted by atomic mass is 32.2. The third-order valence-corrected chi connectivity index (χ3v) is 6.79. The summed E-state index contributed by atoms with van der Waals surface area (Å²) >= 11 is 0. The molecular weight excluding hydrogens is 396 g/mol. The molecule has 0 saturated heterocycles. The Labute approximate surface area is 177 Å². The minimum atomic E-state index is -3.70. The largest absolute Gasteiger partial charge is 0.308 e. The second-order valence-corrected chi connectivity index (χ2v) is 9.20. The van der Waals surface area contributed by atoms with Crippen LogP contribution in [0.15, 0.2) is 71.6 Å². The fraction of sp³-hybridized carbons (Fsp3) is 0.208. The van der Waals surface area contributed by atoms with E-state index in [1.807, 2.05) is 43.3 Å². The van der Waals surface area contributed by atoms with Gasteiger partial charge in [-0.15, -0.1) is 0 Å². The van der Waals surface area contributed by atoms with Gasteiger partial charge in [-0.1, -0.05) is 36.8 Å². The van der Waals surface area contributed by atoms with Crippen LogP contribution < -0.4 is 9.62 Å². The summed E-state index contributed by atoms with van der Waals surface area (Å²) in [7, 11) is -3.70. The van der Waals surface area contributed by atoms with E-state index in [2.05, 4.69) is 11.6 Å². The number of nitrogens with zero attached hydrogens (tertiary/aromatic N) is 1. The molecule has 3 aromatic rings. The van der Waals surface area contributed by atoms with Crippen molar-refractivity contribution in [2.75, 3.05) is 16.2 Å². The number of benzene rings is 3. The van der Waals surface area contributed by atoms with Crippen LogP contribution in [0.1, 0.15) is 34.0 Å². The van der Waals surface area contributed by atoms with Gasteiger partial charge in [-0.2, -0.15) is 0 Å². The lowest BCUT2D eigenvalue weighted by molar-refractivity contribution is 0.0989. The van der Waals surface area contributed by atoms with Gasteiger partial charge in [0.1, 0.15) is 0 Å². The number of rotatable bonds is 5. The van der Waals surface area contributed by atoms with Crippen LogP contribution in [0.4, 0.5) is 11.4 Å². The zero-order valence-corrected chi connectivity index (χ0v) is 17.9. The summed E-state index contributed by atoms with van der Waals surface area (Å²) in [5.74, 6) is -0.0708. The third kappa shape index (κ3) is 3.96. The van der Waals surface area contributed by atoms with Crippen LogP contribution in [0.3, 0.4) is 0 Å². The van der Waals surface area contributed by atoms with E-state index >= 15 is 0 Å². The molecule has 1 heterocycles. The molecule has 154 valence electrons. The van der Waals surface area contributed by atoms with E-state index in [9.17, 15) is 13.2 Å². The van der Waals surface area contributed by atoms with Crippen molar-refractivity contribution in [1.29, 1.82) is 0 Å². The number of anilines is 2. The van der Waals surface area contributed by atoms with Crippen molar-refractivity contribution in [2.45, 2.75) is 31.6 Å². The number of aryl methyl sites for hydroxylation is 2. The first-order chi connectivity index (χ1) is 14.4. The van der Waals surface area contributed by atoms with Gasteiger partial charge in [0.2, 0.25) is 0 Å². The number of carbonyl (C=O) groups is 1. The molecule has 0 aliphatic carbocycles. The van der Waals surface area contributed by atoms with Gasteiger partial charge in [0.15, 0.2) is 0 Å². The maximum atomic E-state index is 12.9. The highest BCUT2D eigenvalue weighted by Gasteiger charge is 2.27. The maximum Gasteiger partial charge on any atom is 0.261 e. The second kappa shape index (κ2) is 7.95. The standard InChI is InChI=1S/C24H24N2O3S/c1-3-18-6-10-21(11-7-18)25-30(28,29)22-12-13-23-20(16-22)14-15-26(23)24(27)19-8-4-17(2)5-9-19/h4-13,16,25H,3,14-15H2,1-2H3. The van der Waals surface area contributed by atoms with Crippen LogP contribution in [0.5, 0.6) is 0 Å². The van der Waals surface area contributed by atoms with E-state index in [0.29, 0.717) is 24.2 Å². The molecule has 30 heavy (non-hydrogen) atoms. The highest BCUT2D eigenvalue weighted by molar-refractivity contribution is 7.92. The Morgan fingerprint density at radius 3 is 2.37 bits per heavy atom. The lowest BCUT2D eigenvalue weighted by atomic mass is 10.1. The first-order valence-corrected chi connectivity index (χ1v) is 11.5. The van der Waals surface area contributed by atoms with E-state index in [1.54, 1.807) is 35.2 Å². The minimum absolute atomic E-state index is 0.0708. The van der Waals surface area contributed by atoms with Crippen molar-refractivity contribution >= 4 is 27.3 Å². The van der Waals surface area contributed by atoms with Gasteiger partial charge in [0.25, 0.3) is 15.9 Å². The Morgan fingerprint density at radius 1 is 1.00 bits per heavy atom. The monoisotopic (exact) mass is 420 g/mol. The van der Waals surface area contributed by atoms with Crippen molar-refractivity contribution in [3.05, 3.63) is 89.0 Å². The van der Waals surface area contributed by atoms with Crippen LogP contribution in [0.2, 0.25) is 0 Å². The smallest absolute Gasteiger partial charge is 0.261 e. The Hall–Kier alpha value is -3.12. The Morgan fingerprint density at radius 2 is 1.70 bits per heavy atom. The highest BCUT2D eigenvalue weighted by Crippen LogP contribution is 2.32. The zero-order chi connectivity index (χ0) is 21.3. The van der Waals surface area contributed by atoms with E-state index in [1.165, 1.54) is 0 Å². The topological polar surface area (TPSA) is 66.5 Å². The van der Waals surface area contributed by atoms with Crippen molar-refractivity contribution in [3.8, 4) is 0 Å². The van der Waals surface area contributed by atoms with Gasteiger partial charge >= 0.3 is 0 Å². The molecule has 5 nitrogen and oxygen atoms in total. The number of amides is 1. The molecule has 0 bridgehead atoms. The lowest BCUT2D eigenvalue weighted by Gasteiger charge is -2.18. The van der Waals surface area contributed by atoms with Gasteiger partial charge < -0.3 is 4.90 Å². The van der Waals surface area contributed by atoms with E-state index < -0.39 is 10.0 Å². The summed E-state index contributed by atoms with van der Waals surface area (Å²) in [5, 5.41) is 0. The van der Waals surface area contributed by atoms with Crippen molar-refractivity contribution < 1.29 is 13.2 Å². The van der Waals surface area contributed by atoms with Gasteiger partial charge in [-0.25, -0.2) is 8.42 Å². The SMILES string of the molecule is CCc1ccc(NS(=O)(=O)c2ccc3c(c2)CCN3C(=O)c2ccc(C)cc2)cc1. The molecule has 0 aromatic heterocycles. The predicted octanol–water partition coefficient (Wildman–Crippen LogP) is 4.56. The molecule has 1 amide bonds. The molecule has 3 aromatic carbocycles. The molecule has 0 saturated carbocycles. The van der Waals surface area contributed by atoms with Gasteiger partial charge in [0.05, 0.1) is 4.90 Å². The molecule has 0 atom stereocenters. The summed E-state index contributed by atoms with van der Waals surface area (Å²) in [4.78, 5) is 14.8. The fourth-order valence-electron chi connectivity index (χ4n) is 3.63. The van der Waals surface area contributed by atoms with Crippen molar-refractivity contribution in [1.82, 2.24) is 0 Å². The molecule has 0 spiro atoms. The molecule has 1 N–H and O–H groups in total. The number of nitrogens with one attached hydrogen (secondary N) is 1. The fourth-order valence-corrected chi connectivity index (χ4v) is 4.74. The maximum absolute atomic E-state index is 12.9. The number of carbonyl (C=O) groups excluding carboxylic acids is 1. The van der Waals surface area contributed by atoms with E-state index in [4.69, 9.17) is 0 Å². The summed E-state index contributed by atoms with van der Waals surface area (Å²) in [6.07, 6.45) is 1.52. The molecular formula is C24H24N2O3S. The number of fused-ring (bicyclic) bond motifs is 1. The number of hydrogen-bond acceptors (Lipinski definition) is 3. The van der Waals surface area contributed by atoms with E-state index in [-0.39, 0.29) is 10.8 Å². The van der Waals surface area contributed by atoms with Gasteiger partial charge in [-0.3, -0.25) is 9.52 Å². The van der Waals surface area contributed by atoms with Crippen molar-refractivity contribution in [3.63, 3.8) is 0 Å². The Kier molecular flexibility index (Phi) is 5.35. The molecule has 1 aliphatic heterocycles. The summed E-state index contributed by atoms with van der Waals surface area (Å²) < 4.78 is 28.3. The van der Waals surface area contributed by atoms with Crippen LogP contribution in [-0.4, -0.2) is 20.9 Å². The lowest BCUT2D eigenvalue weighted by Crippen LogP contribution is -2.28. The predicted molar refractivity (Wildman–Crippen MR) is 120 cm³/mol. The van der Waals surface area contributed by atoms with Crippen LogP contribution in [-0.2, 0) is 22.9 Å². The normalized spacial score (nSPS) is 13.2. The minimum Gasteiger partial charge on any atom is -0.308 e. The summed E-state index contributed by atoms with van der Waals surface area (Å²) in [6.45, 7) is 4.57. The average molecular weight is 421 g/mol. The van der Waals surface area contributed by atoms with E-state index in [0.717, 1.165) is 28.8 Å². The molecule has 0 fully saturated rings. The quantitative estimate of drug-likeness (QED) is 0.658. The summed E-state index contributed by atoms with van der Waals surface area (Å²) in [5.41, 5.74) is 5.03. The Bertz CT molecular complexity index is 1180. The molecule has 0 unspecified atom stereocenters. The van der Waals surface area contributed by atoms with Gasteiger partial charge in [0, 0.05) is 23.5 Å². The Balaban J connectivity index is 1.56. The molecule has 1 aliphatic rings. The number of sulfonamides is 1. The molecule has 0 radical (unpaired) electrons. The second-order valence-electron chi connectivity index (χ2n) is 7.52. The number of hydrogen-bond donors (Lipinski definition) is 1.